The van der Waals surface area contributed by atoms with Crippen molar-refractivity contribution in [1.29, 1.82) is 0 Å². The quantitative estimate of drug-likeness (QED) is 0.735. The van der Waals surface area contributed by atoms with Gasteiger partial charge in [-0.2, -0.15) is 0 Å². The van der Waals surface area contributed by atoms with Crippen LogP contribution in [-0.2, 0) is 0 Å². The Bertz CT molecular complexity index is 177. The molecule has 1 rings (SSSR count). The molecule has 2 heteroatoms. The van der Waals surface area contributed by atoms with Crippen molar-refractivity contribution >= 4 is 0 Å². The molecule has 0 aliphatic heterocycles. The van der Waals surface area contributed by atoms with Crippen LogP contribution in [0.5, 0.6) is 0 Å². The maximum atomic E-state index is 9.32. The molecule has 2 nitrogen and oxygen atoms in total. The maximum Gasteiger partial charge on any atom is 0.0610 e. The highest BCUT2D eigenvalue weighted by molar-refractivity contribution is 4.83. The lowest BCUT2D eigenvalue weighted by atomic mass is 9.80. The average Bonchev–Trinajstić information content (AvgIpc) is 2.28. The van der Waals surface area contributed by atoms with Gasteiger partial charge in [0.25, 0.3) is 0 Å². The molecule has 1 aliphatic rings. The molecule has 2 N–H and O–H groups in total. The third-order valence-corrected chi connectivity index (χ3v) is 4.21. The zero-order chi connectivity index (χ0) is 11.3. The fourth-order valence-electron chi connectivity index (χ4n) is 2.37. The normalized spacial score (nSPS) is 31.2. The molecule has 0 aromatic carbocycles. The number of aliphatic hydroxyl groups is 1. The lowest BCUT2D eigenvalue weighted by Crippen LogP contribution is -2.48. The zero-order valence-corrected chi connectivity index (χ0v) is 10.6. The summed E-state index contributed by atoms with van der Waals surface area (Å²) in [5.41, 5.74) is -0.0723. The van der Waals surface area contributed by atoms with Crippen LogP contribution in [0.3, 0.4) is 0 Å². The van der Waals surface area contributed by atoms with Gasteiger partial charge in [0.2, 0.25) is 0 Å². The predicted molar refractivity (Wildman–Crippen MR) is 64.9 cm³/mol. The van der Waals surface area contributed by atoms with E-state index in [2.05, 4.69) is 26.1 Å². The third-order valence-electron chi connectivity index (χ3n) is 4.21. The van der Waals surface area contributed by atoms with Crippen molar-refractivity contribution in [3.05, 3.63) is 0 Å². The highest BCUT2D eigenvalue weighted by Crippen LogP contribution is 2.29. The van der Waals surface area contributed by atoms with Crippen molar-refractivity contribution < 1.29 is 5.11 Å². The SMILES string of the molecule is CCC(C)(CO)NCC1CCCCC1C. The van der Waals surface area contributed by atoms with E-state index in [9.17, 15) is 5.11 Å². The van der Waals surface area contributed by atoms with E-state index in [1.54, 1.807) is 0 Å². The van der Waals surface area contributed by atoms with E-state index >= 15 is 0 Å². The van der Waals surface area contributed by atoms with Gasteiger partial charge in [0.15, 0.2) is 0 Å². The molecule has 0 aromatic heterocycles. The van der Waals surface area contributed by atoms with Gasteiger partial charge in [-0.3, -0.25) is 0 Å². The molecule has 0 spiro atoms. The van der Waals surface area contributed by atoms with Gasteiger partial charge in [-0.1, -0.05) is 33.1 Å². The molecule has 1 saturated carbocycles. The minimum atomic E-state index is -0.0723. The first-order chi connectivity index (χ1) is 7.11. The van der Waals surface area contributed by atoms with E-state index < -0.39 is 0 Å². The van der Waals surface area contributed by atoms with Gasteiger partial charge in [0.1, 0.15) is 0 Å². The first-order valence-electron chi connectivity index (χ1n) is 6.47. The monoisotopic (exact) mass is 213 g/mol. The van der Waals surface area contributed by atoms with E-state index in [-0.39, 0.29) is 12.1 Å². The molecule has 0 aromatic rings. The highest BCUT2D eigenvalue weighted by atomic mass is 16.3. The Kier molecular flexibility index (Phi) is 5.07. The van der Waals surface area contributed by atoms with E-state index in [4.69, 9.17) is 0 Å². The number of hydrogen-bond donors (Lipinski definition) is 2. The standard InChI is InChI=1S/C13H27NO/c1-4-13(3,10-15)14-9-12-8-6-5-7-11(12)2/h11-12,14-15H,4-10H2,1-3H3. The van der Waals surface area contributed by atoms with Crippen molar-refractivity contribution in [2.75, 3.05) is 13.2 Å². The summed E-state index contributed by atoms with van der Waals surface area (Å²) in [5, 5.41) is 12.9. The van der Waals surface area contributed by atoms with Crippen LogP contribution in [-0.4, -0.2) is 23.8 Å². The van der Waals surface area contributed by atoms with Crippen molar-refractivity contribution in [2.45, 2.75) is 58.4 Å². The lowest BCUT2D eigenvalue weighted by molar-refractivity contribution is 0.149. The van der Waals surface area contributed by atoms with E-state index in [0.29, 0.717) is 0 Å². The van der Waals surface area contributed by atoms with Gasteiger partial charge in [0, 0.05) is 5.54 Å². The second kappa shape index (κ2) is 5.86. The molecule has 1 fully saturated rings. The summed E-state index contributed by atoms with van der Waals surface area (Å²) >= 11 is 0. The topological polar surface area (TPSA) is 32.3 Å². The largest absolute Gasteiger partial charge is 0.394 e. The maximum absolute atomic E-state index is 9.32. The number of nitrogens with one attached hydrogen (secondary N) is 1. The van der Waals surface area contributed by atoms with Crippen LogP contribution in [0.1, 0.15) is 52.9 Å². The van der Waals surface area contributed by atoms with Crippen LogP contribution in [0.2, 0.25) is 0 Å². The van der Waals surface area contributed by atoms with Crippen LogP contribution < -0.4 is 5.32 Å². The van der Waals surface area contributed by atoms with Gasteiger partial charge in [-0.25, -0.2) is 0 Å². The van der Waals surface area contributed by atoms with Crippen molar-refractivity contribution in [3.63, 3.8) is 0 Å². The molecular formula is C13H27NO. The molecule has 3 atom stereocenters. The minimum absolute atomic E-state index is 0.0723. The first kappa shape index (κ1) is 13.0. The Labute approximate surface area is 94.5 Å². The fourth-order valence-corrected chi connectivity index (χ4v) is 2.37. The van der Waals surface area contributed by atoms with Crippen molar-refractivity contribution in [1.82, 2.24) is 5.32 Å². The zero-order valence-electron chi connectivity index (χ0n) is 10.6. The summed E-state index contributed by atoms with van der Waals surface area (Å²) in [6.07, 6.45) is 6.53. The Morgan fingerprint density at radius 3 is 2.53 bits per heavy atom. The average molecular weight is 213 g/mol. The lowest BCUT2D eigenvalue weighted by Gasteiger charge is -2.34. The summed E-state index contributed by atoms with van der Waals surface area (Å²) < 4.78 is 0. The molecule has 0 bridgehead atoms. The molecule has 0 radical (unpaired) electrons. The van der Waals surface area contributed by atoms with Crippen molar-refractivity contribution in [3.8, 4) is 0 Å². The number of hydrogen-bond acceptors (Lipinski definition) is 2. The Balaban J connectivity index is 2.34. The minimum Gasteiger partial charge on any atom is -0.394 e. The summed E-state index contributed by atoms with van der Waals surface area (Å²) in [5.74, 6) is 1.67. The Morgan fingerprint density at radius 1 is 1.33 bits per heavy atom. The molecule has 1 aliphatic carbocycles. The molecule has 0 saturated heterocycles. The second-order valence-corrected chi connectivity index (χ2v) is 5.48. The van der Waals surface area contributed by atoms with Gasteiger partial charge in [-0.15, -0.1) is 0 Å². The highest BCUT2D eigenvalue weighted by Gasteiger charge is 2.25. The molecule has 3 unspecified atom stereocenters. The van der Waals surface area contributed by atoms with Crippen molar-refractivity contribution in [2.24, 2.45) is 11.8 Å². The smallest absolute Gasteiger partial charge is 0.0610 e. The van der Waals surface area contributed by atoms with E-state index in [0.717, 1.165) is 24.8 Å². The van der Waals surface area contributed by atoms with Gasteiger partial charge in [-0.05, 0) is 38.1 Å². The molecule has 15 heavy (non-hydrogen) atoms. The molecular weight excluding hydrogens is 186 g/mol. The van der Waals surface area contributed by atoms with Crippen LogP contribution >= 0.6 is 0 Å². The van der Waals surface area contributed by atoms with Gasteiger partial charge < -0.3 is 10.4 Å². The third kappa shape index (κ3) is 3.76. The molecule has 0 amide bonds. The van der Waals surface area contributed by atoms with Crippen LogP contribution in [0, 0.1) is 11.8 Å². The summed E-state index contributed by atoms with van der Waals surface area (Å²) in [6.45, 7) is 7.93. The summed E-state index contributed by atoms with van der Waals surface area (Å²) in [7, 11) is 0. The second-order valence-electron chi connectivity index (χ2n) is 5.48. The number of aliphatic hydroxyl groups excluding tert-OH is 1. The Morgan fingerprint density at radius 2 is 2.00 bits per heavy atom. The summed E-state index contributed by atoms with van der Waals surface area (Å²) in [6, 6.07) is 0. The van der Waals surface area contributed by atoms with Gasteiger partial charge >= 0.3 is 0 Å². The van der Waals surface area contributed by atoms with Crippen LogP contribution in [0.25, 0.3) is 0 Å². The number of rotatable bonds is 5. The Hall–Kier alpha value is -0.0800. The predicted octanol–water partition coefficient (Wildman–Crippen LogP) is 2.56. The first-order valence-corrected chi connectivity index (χ1v) is 6.47. The molecule has 90 valence electrons. The molecule has 0 heterocycles. The van der Waals surface area contributed by atoms with E-state index in [1.807, 2.05) is 0 Å². The van der Waals surface area contributed by atoms with Crippen LogP contribution in [0.15, 0.2) is 0 Å². The van der Waals surface area contributed by atoms with Gasteiger partial charge in [0.05, 0.1) is 6.61 Å². The fraction of sp³-hybridized carbons (Fsp3) is 1.00. The van der Waals surface area contributed by atoms with Crippen LogP contribution in [0.4, 0.5) is 0 Å². The summed E-state index contributed by atoms with van der Waals surface area (Å²) in [4.78, 5) is 0. The van der Waals surface area contributed by atoms with E-state index in [1.165, 1.54) is 25.7 Å².